The number of amides is 3. The molecule has 1 atom stereocenters. The third-order valence-electron chi connectivity index (χ3n) is 3.93. The van der Waals surface area contributed by atoms with E-state index in [4.69, 9.17) is 5.73 Å². The maximum atomic E-state index is 12.4. The predicted octanol–water partition coefficient (Wildman–Crippen LogP) is 2.96. The van der Waals surface area contributed by atoms with Crippen LogP contribution in [0.3, 0.4) is 0 Å². The third kappa shape index (κ3) is 4.59. The summed E-state index contributed by atoms with van der Waals surface area (Å²) in [4.78, 5) is 23.1. The predicted molar refractivity (Wildman–Crippen MR) is 94.7 cm³/mol. The minimum Gasteiger partial charge on any atom is -0.352 e. The van der Waals surface area contributed by atoms with Crippen molar-refractivity contribution in [2.24, 2.45) is 5.73 Å². The highest BCUT2D eigenvalue weighted by Gasteiger charge is 2.13. The Kier molecular flexibility index (Phi) is 5.58. The highest BCUT2D eigenvalue weighted by atomic mass is 16.2. The van der Waals surface area contributed by atoms with E-state index in [0.717, 1.165) is 16.7 Å². The number of nitrogens with one attached hydrogen (secondary N) is 2. The fraction of sp³-hybridized carbons (Fsp3) is 0.263. The van der Waals surface area contributed by atoms with Crippen molar-refractivity contribution in [3.63, 3.8) is 0 Å². The van der Waals surface area contributed by atoms with Gasteiger partial charge in [-0.05, 0) is 49.6 Å². The van der Waals surface area contributed by atoms with Crippen LogP contribution in [0.25, 0.3) is 0 Å². The molecule has 0 aliphatic heterocycles. The van der Waals surface area contributed by atoms with Gasteiger partial charge < -0.3 is 16.4 Å². The van der Waals surface area contributed by atoms with Gasteiger partial charge in [-0.2, -0.15) is 0 Å². The molecule has 4 N–H and O–H groups in total. The van der Waals surface area contributed by atoms with Crippen LogP contribution in [0.1, 0.15) is 45.6 Å². The minimum atomic E-state index is -0.570. The molecule has 24 heavy (non-hydrogen) atoms. The quantitative estimate of drug-likeness (QED) is 0.789. The van der Waals surface area contributed by atoms with Gasteiger partial charge in [-0.25, -0.2) is 4.79 Å². The number of nitrogens with two attached hydrogens (primary N) is 1. The van der Waals surface area contributed by atoms with E-state index in [1.54, 1.807) is 24.3 Å². The summed E-state index contributed by atoms with van der Waals surface area (Å²) in [6.07, 6.45) is 0. The van der Waals surface area contributed by atoms with Crippen LogP contribution in [0.2, 0.25) is 0 Å². The molecule has 5 heteroatoms. The molecule has 0 unspecified atom stereocenters. The lowest BCUT2D eigenvalue weighted by Gasteiger charge is -2.17. The topological polar surface area (TPSA) is 84.2 Å². The van der Waals surface area contributed by atoms with Crippen molar-refractivity contribution in [1.82, 2.24) is 10.6 Å². The monoisotopic (exact) mass is 325 g/mol. The number of carbonyl (C=O) groups excluding carboxylic acids is 2. The average molecular weight is 325 g/mol. The van der Waals surface area contributed by atoms with Crippen molar-refractivity contribution >= 4 is 11.9 Å². The van der Waals surface area contributed by atoms with Crippen LogP contribution in [0.5, 0.6) is 0 Å². The zero-order valence-electron chi connectivity index (χ0n) is 14.2. The van der Waals surface area contributed by atoms with Crippen molar-refractivity contribution in [2.75, 3.05) is 0 Å². The SMILES string of the molecule is Cc1ccc(C)c([C@H](C)NC(=O)c2ccc(CNC(N)=O)cc2)c1. The van der Waals surface area contributed by atoms with Crippen LogP contribution in [0, 0.1) is 13.8 Å². The molecular formula is C19H23N3O2. The Balaban J connectivity index is 2.03. The van der Waals surface area contributed by atoms with Crippen molar-refractivity contribution in [1.29, 1.82) is 0 Å². The lowest BCUT2D eigenvalue weighted by atomic mass is 9.99. The molecule has 2 rings (SSSR count). The van der Waals surface area contributed by atoms with Crippen LogP contribution < -0.4 is 16.4 Å². The van der Waals surface area contributed by atoms with E-state index in [9.17, 15) is 9.59 Å². The molecule has 0 aliphatic rings. The molecule has 0 radical (unpaired) electrons. The smallest absolute Gasteiger partial charge is 0.312 e. The highest BCUT2D eigenvalue weighted by Crippen LogP contribution is 2.19. The standard InChI is InChI=1S/C19H23N3O2/c1-12-4-5-13(2)17(10-12)14(3)22-18(23)16-8-6-15(7-9-16)11-21-19(20)24/h4-10,14H,11H2,1-3H3,(H,22,23)(H3,20,21,24)/t14-/m0/s1. The van der Waals surface area contributed by atoms with Gasteiger partial charge in [0.1, 0.15) is 0 Å². The molecule has 2 aromatic rings. The van der Waals surface area contributed by atoms with Crippen LogP contribution in [0.15, 0.2) is 42.5 Å². The number of aryl methyl sites for hydroxylation is 2. The van der Waals surface area contributed by atoms with Gasteiger partial charge in [-0.3, -0.25) is 4.79 Å². The molecule has 0 saturated heterocycles. The number of carbonyl (C=O) groups is 2. The number of hydrogen-bond donors (Lipinski definition) is 3. The average Bonchev–Trinajstić information content (AvgIpc) is 2.55. The van der Waals surface area contributed by atoms with E-state index < -0.39 is 6.03 Å². The molecule has 0 aliphatic carbocycles. The Morgan fingerprint density at radius 2 is 1.75 bits per heavy atom. The molecule has 0 fully saturated rings. The maximum Gasteiger partial charge on any atom is 0.312 e. The van der Waals surface area contributed by atoms with Gasteiger partial charge in [0.25, 0.3) is 5.91 Å². The molecule has 0 heterocycles. The Hall–Kier alpha value is -2.82. The zero-order valence-corrected chi connectivity index (χ0v) is 14.2. The fourth-order valence-corrected chi connectivity index (χ4v) is 2.55. The van der Waals surface area contributed by atoms with Gasteiger partial charge in [0.05, 0.1) is 6.04 Å². The van der Waals surface area contributed by atoms with Crippen molar-refractivity contribution in [3.8, 4) is 0 Å². The summed E-state index contributed by atoms with van der Waals surface area (Å²) in [5.74, 6) is -0.127. The molecule has 5 nitrogen and oxygen atoms in total. The maximum absolute atomic E-state index is 12.4. The lowest BCUT2D eigenvalue weighted by molar-refractivity contribution is 0.0939. The summed E-state index contributed by atoms with van der Waals surface area (Å²) >= 11 is 0. The first-order chi connectivity index (χ1) is 11.4. The van der Waals surface area contributed by atoms with Gasteiger partial charge >= 0.3 is 6.03 Å². The van der Waals surface area contributed by atoms with Crippen molar-refractivity contribution in [2.45, 2.75) is 33.4 Å². The molecule has 0 bridgehead atoms. The number of primary amides is 1. The Morgan fingerprint density at radius 3 is 2.38 bits per heavy atom. The highest BCUT2D eigenvalue weighted by molar-refractivity contribution is 5.94. The van der Waals surface area contributed by atoms with Gasteiger partial charge in [0, 0.05) is 12.1 Å². The first-order valence-corrected chi connectivity index (χ1v) is 7.87. The van der Waals surface area contributed by atoms with E-state index in [1.165, 1.54) is 5.56 Å². The summed E-state index contributed by atoms with van der Waals surface area (Å²) in [7, 11) is 0. The molecule has 3 amide bonds. The van der Waals surface area contributed by atoms with Gasteiger partial charge in [-0.1, -0.05) is 35.9 Å². The van der Waals surface area contributed by atoms with Crippen LogP contribution in [-0.2, 0) is 6.54 Å². The molecular weight excluding hydrogens is 302 g/mol. The van der Waals surface area contributed by atoms with Crippen molar-refractivity contribution < 1.29 is 9.59 Å². The molecule has 0 aromatic heterocycles. The molecule has 0 saturated carbocycles. The van der Waals surface area contributed by atoms with E-state index >= 15 is 0 Å². The Labute approximate surface area is 142 Å². The summed E-state index contributed by atoms with van der Waals surface area (Å²) in [6, 6.07) is 12.7. The van der Waals surface area contributed by atoms with Crippen molar-refractivity contribution in [3.05, 3.63) is 70.3 Å². The second-order valence-electron chi connectivity index (χ2n) is 5.97. The summed E-state index contributed by atoms with van der Waals surface area (Å²) in [5, 5.41) is 5.54. The minimum absolute atomic E-state index is 0.0754. The normalized spacial score (nSPS) is 11.6. The second-order valence-corrected chi connectivity index (χ2v) is 5.97. The van der Waals surface area contributed by atoms with Gasteiger partial charge in [0.2, 0.25) is 0 Å². The number of benzene rings is 2. The Morgan fingerprint density at radius 1 is 1.08 bits per heavy atom. The third-order valence-corrected chi connectivity index (χ3v) is 3.93. The summed E-state index contributed by atoms with van der Waals surface area (Å²) < 4.78 is 0. The van der Waals surface area contributed by atoms with E-state index in [2.05, 4.69) is 28.8 Å². The Bertz CT molecular complexity index is 739. The summed E-state index contributed by atoms with van der Waals surface area (Å²) in [5.41, 5.74) is 9.94. The van der Waals surface area contributed by atoms with Crippen LogP contribution in [0.4, 0.5) is 4.79 Å². The van der Waals surface area contributed by atoms with E-state index in [0.29, 0.717) is 12.1 Å². The first-order valence-electron chi connectivity index (χ1n) is 7.87. The molecule has 0 spiro atoms. The second kappa shape index (κ2) is 7.64. The zero-order chi connectivity index (χ0) is 17.7. The van der Waals surface area contributed by atoms with Gasteiger partial charge in [0.15, 0.2) is 0 Å². The number of hydrogen-bond acceptors (Lipinski definition) is 2. The fourth-order valence-electron chi connectivity index (χ4n) is 2.55. The van der Waals surface area contributed by atoms with Gasteiger partial charge in [-0.15, -0.1) is 0 Å². The lowest BCUT2D eigenvalue weighted by Crippen LogP contribution is -2.29. The van der Waals surface area contributed by atoms with E-state index in [1.807, 2.05) is 20.8 Å². The largest absolute Gasteiger partial charge is 0.352 e. The summed E-state index contributed by atoms with van der Waals surface area (Å²) in [6.45, 7) is 6.40. The van der Waals surface area contributed by atoms with Crippen LogP contribution >= 0.6 is 0 Å². The molecule has 2 aromatic carbocycles. The van der Waals surface area contributed by atoms with E-state index in [-0.39, 0.29) is 11.9 Å². The van der Waals surface area contributed by atoms with Crippen LogP contribution in [-0.4, -0.2) is 11.9 Å². The number of urea groups is 1. The first kappa shape index (κ1) is 17.5. The molecule has 126 valence electrons. The number of rotatable bonds is 5.